The molecule has 0 heterocycles. The van der Waals surface area contributed by atoms with Crippen molar-refractivity contribution < 1.29 is 0 Å². The molecule has 2 nitrogen and oxygen atoms in total. The molecule has 0 amide bonds. The molecule has 0 N–H and O–H groups in total. The van der Waals surface area contributed by atoms with Gasteiger partial charge in [0.25, 0.3) is 0 Å². The summed E-state index contributed by atoms with van der Waals surface area (Å²) in [6, 6.07) is 0.678. The van der Waals surface area contributed by atoms with Crippen molar-refractivity contribution in [3.05, 3.63) is 0 Å². The second-order valence-corrected chi connectivity index (χ2v) is 19.6. The van der Waals surface area contributed by atoms with Gasteiger partial charge in [0.15, 0.2) is 0 Å². The van der Waals surface area contributed by atoms with E-state index >= 15 is 0 Å². The summed E-state index contributed by atoms with van der Waals surface area (Å²) in [5.74, 6) is 0. The third kappa shape index (κ3) is 3.10. The number of nitrogens with zero attached hydrogens (tertiary/aromatic N) is 2. The molecule has 0 saturated carbocycles. The SMILES string of the molecule is CC[N](C)[Sn]([CH2]C)([CH](C)C)[N](C)C(C)C. The third-order valence-electron chi connectivity index (χ3n) is 3.97. The molecule has 0 radical (unpaired) electrons. The minimum absolute atomic E-state index is 0.678. The van der Waals surface area contributed by atoms with Gasteiger partial charge in [0.05, 0.1) is 0 Å². The van der Waals surface area contributed by atoms with Crippen molar-refractivity contribution in [2.75, 3.05) is 20.6 Å². The van der Waals surface area contributed by atoms with Crippen molar-refractivity contribution in [3.8, 4) is 0 Å². The Balaban J connectivity index is 5.14. The Morgan fingerprint density at radius 1 is 1.00 bits per heavy atom. The van der Waals surface area contributed by atoms with Crippen molar-refractivity contribution in [1.82, 2.24) is 6.24 Å². The molecule has 0 spiro atoms. The second kappa shape index (κ2) is 6.45. The first-order valence-corrected chi connectivity index (χ1v) is 12.5. The Bertz CT molecular complexity index is 182. The molecule has 0 aliphatic carbocycles. The maximum absolute atomic E-state index is 2.73. The van der Waals surface area contributed by atoms with Crippen LogP contribution in [0, 0.1) is 0 Å². The molecule has 0 aromatic heterocycles. The normalized spacial score (nSPS) is 16.8. The van der Waals surface area contributed by atoms with E-state index < -0.39 is 18.9 Å². The molecule has 1 atom stereocenters. The topological polar surface area (TPSA) is 6.48 Å². The first-order chi connectivity index (χ1) is 6.84. The van der Waals surface area contributed by atoms with Crippen LogP contribution in [0.3, 0.4) is 0 Å². The van der Waals surface area contributed by atoms with Gasteiger partial charge in [0.2, 0.25) is 0 Å². The molecule has 0 aliphatic heterocycles. The quantitative estimate of drug-likeness (QED) is 0.694. The molecule has 92 valence electrons. The van der Waals surface area contributed by atoms with E-state index in [0.717, 1.165) is 3.93 Å². The van der Waals surface area contributed by atoms with Crippen LogP contribution in [0.1, 0.15) is 41.5 Å². The van der Waals surface area contributed by atoms with Gasteiger partial charge in [-0.1, -0.05) is 0 Å². The molecule has 0 bridgehead atoms. The van der Waals surface area contributed by atoms with E-state index in [1.165, 1.54) is 11.0 Å². The fourth-order valence-electron chi connectivity index (χ4n) is 2.77. The van der Waals surface area contributed by atoms with Crippen molar-refractivity contribution in [2.24, 2.45) is 0 Å². The van der Waals surface area contributed by atoms with Gasteiger partial charge in [-0.25, -0.2) is 0 Å². The molecular formula is C12H30N2Sn. The van der Waals surface area contributed by atoms with Crippen LogP contribution in [-0.2, 0) is 0 Å². The van der Waals surface area contributed by atoms with Gasteiger partial charge in [-0.2, -0.15) is 0 Å². The van der Waals surface area contributed by atoms with E-state index in [0.29, 0.717) is 6.04 Å². The fourth-order valence-corrected chi connectivity index (χ4v) is 18.6. The summed E-state index contributed by atoms with van der Waals surface area (Å²) in [4.78, 5) is 0. The van der Waals surface area contributed by atoms with Crippen LogP contribution in [0.15, 0.2) is 0 Å². The maximum atomic E-state index is 2.73. The Morgan fingerprint density at radius 2 is 1.47 bits per heavy atom. The van der Waals surface area contributed by atoms with Crippen LogP contribution in [0.4, 0.5) is 0 Å². The molecular weight excluding hydrogens is 291 g/mol. The molecule has 0 aromatic carbocycles. The van der Waals surface area contributed by atoms with Crippen LogP contribution in [0.25, 0.3) is 0 Å². The Kier molecular flexibility index (Phi) is 6.76. The zero-order valence-electron chi connectivity index (χ0n) is 12.0. The van der Waals surface area contributed by atoms with E-state index in [1.807, 2.05) is 0 Å². The van der Waals surface area contributed by atoms with Crippen molar-refractivity contribution in [2.45, 2.75) is 56.0 Å². The summed E-state index contributed by atoms with van der Waals surface area (Å²) >= 11 is -2.29. The first-order valence-electron chi connectivity index (χ1n) is 6.28. The zero-order chi connectivity index (χ0) is 12.2. The standard InChI is InChI=1S/C4H10N.C3H8N.C3H7.C2H5.Sn/c1-4(2)5-3;1-3-4-2;1-3-2;1-2;/h4H,1-3H3;3H2,1-2H3;3H,1-2H3;1H2,2H3;/q2*-1;;;+2. The molecule has 0 saturated heterocycles. The molecule has 1 unspecified atom stereocenters. The molecule has 15 heavy (non-hydrogen) atoms. The van der Waals surface area contributed by atoms with Gasteiger partial charge in [-0.05, 0) is 0 Å². The summed E-state index contributed by atoms with van der Waals surface area (Å²) < 4.78 is 7.65. The minimum atomic E-state index is -2.29. The van der Waals surface area contributed by atoms with Gasteiger partial charge in [0.1, 0.15) is 0 Å². The van der Waals surface area contributed by atoms with Crippen LogP contribution in [0.2, 0.25) is 8.37 Å². The van der Waals surface area contributed by atoms with E-state index in [1.54, 1.807) is 0 Å². The average molecular weight is 321 g/mol. The fraction of sp³-hybridized carbons (Fsp3) is 1.00. The van der Waals surface area contributed by atoms with Gasteiger partial charge in [-0.15, -0.1) is 0 Å². The van der Waals surface area contributed by atoms with E-state index in [9.17, 15) is 0 Å². The Hall–Kier alpha value is 0.719. The van der Waals surface area contributed by atoms with Gasteiger partial charge < -0.3 is 0 Å². The monoisotopic (exact) mass is 322 g/mol. The summed E-state index contributed by atoms with van der Waals surface area (Å²) in [5, 5.41) is 0. The first kappa shape index (κ1) is 15.7. The van der Waals surface area contributed by atoms with E-state index in [-0.39, 0.29) is 0 Å². The third-order valence-corrected chi connectivity index (χ3v) is 21.9. The van der Waals surface area contributed by atoms with Crippen LogP contribution in [-0.4, -0.2) is 51.8 Å². The van der Waals surface area contributed by atoms with Crippen molar-refractivity contribution >= 4 is 18.9 Å². The summed E-state index contributed by atoms with van der Waals surface area (Å²) in [5.41, 5.74) is 0. The van der Waals surface area contributed by atoms with Crippen molar-refractivity contribution in [1.29, 1.82) is 0 Å². The number of hydrogen-bond acceptors (Lipinski definition) is 2. The molecule has 0 aromatic rings. The Labute approximate surface area is 102 Å². The summed E-state index contributed by atoms with van der Waals surface area (Å²) in [6.07, 6.45) is 0. The zero-order valence-corrected chi connectivity index (χ0v) is 14.8. The van der Waals surface area contributed by atoms with E-state index in [2.05, 4.69) is 61.9 Å². The number of rotatable bonds is 6. The summed E-state index contributed by atoms with van der Waals surface area (Å²) in [6.45, 7) is 15.4. The Morgan fingerprint density at radius 3 is 1.67 bits per heavy atom. The molecule has 0 fully saturated rings. The average Bonchev–Trinajstić information content (AvgIpc) is 2.18. The van der Waals surface area contributed by atoms with Gasteiger partial charge in [0, 0.05) is 0 Å². The predicted octanol–water partition coefficient (Wildman–Crippen LogP) is 3.15. The van der Waals surface area contributed by atoms with Gasteiger partial charge in [-0.3, -0.25) is 0 Å². The predicted molar refractivity (Wildman–Crippen MR) is 72.5 cm³/mol. The number of hydrogen-bond donors (Lipinski definition) is 0. The molecule has 3 heteroatoms. The van der Waals surface area contributed by atoms with Crippen LogP contribution < -0.4 is 0 Å². The molecule has 0 rings (SSSR count). The van der Waals surface area contributed by atoms with Gasteiger partial charge >= 0.3 is 102 Å². The second-order valence-electron chi connectivity index (χ2n) is 5.11. The molecule has 0 aliphatic rings. The summed E-state index contributed by atoms with van der Waals surface area (Å²) in [7, 11) is 4.68. The van der Waals surface area contributed by atoms with E-state index in [4.69, 9.17) is 0 Å². The van der Waals surface area contributed by atoms with Crippen molar-refractivity contribution in [3.63, 3.8) is 0 Å². The van der Waals surface area contributed by atoms with Crippen LogP contribution >= 0.6 is 0 Å². The van der Waals surface area contributed by atoms with Crippen LogP contribution in [0.5, 0.6) is 0 Å².